The highest BCUT2D eigenvalue weighted by Crippen LogP contribution is 2.32. The van der Waals surface area contributed by atoms with Crippen LogP contribution in [0.4, 0.5) is 5.69 Å². The summed E-state index contributed by atoms with van der Waals surface area (Å²) in [6, 6.07) is 14.4. The van der Waals surface area contributed by atoms with Crippen molar-refractivity contribution in [3.63, 3.8) is 0 Å². The maximum Gasteiger partial charge on any atom is 0.188 e. The lowest BCUT2D eigenvalue weighted by Crippen LogP contribution is -2.07. The van der Waals surface area contributed by atoms with Gasteiger partial charge in [0.05, 0.1) is 10.2 Å². The summed E-state index contributed by atoms with van der Waals surface area (Å²) < 4.78 is 11.5. The van der Waals surface area contributed by atoms with Gasteiger partial charge in [0.15, 0.2) is 6.79 Å². The highest BCUT2D eigenvalue weighted by atomic mass is 32.1. The fraction of sp³-hybridized carbons (Fsp3) is 0.316. The number of methoxy groups -OCH3 is 1. The summed E-state index contributed by atoms with van der Waals surface area (Å²) in [5.74, 6) is 1.43. The lowest BCUT2D eigenvalue weighted by molar-refractivity contribution is 0.0512. The summed E-state index contributed by atoms with van der Waals surface area (Å²) in [6.45, 7) is 5.63. The van der Waals surface area contributed by atoms with Crippen molar-refractivity contribution < 1.29 is 9.47 Å². The third kappa shape index (κ3) is 4.04. The summed E-state index contributed by atoms with van der Waals surface area (Å²) in [5.41, 5.74) is 3.26. The average Bonchev–Trinajstić information content (AvgIpc) is 3.01. The van der Waals surface area contributed by atoms with Crippen LogP contribution in [0.15, 0.2) is 42.5 Å². The van der Waals surface area contributed by atoms with Gasteiger partial charge in [0, 0.05) is 24.9 Å². The molecule has 0 spiro atoms. The van der Waals surface area contributed by atoms with Crippen LogP contribution in [0.3, 0.4) is 0 Å². The van der Waals surface area contributed by atoms with E-state index in [2.05, 4.69) is 43.4 Å². The zero-order valence-electron chi connectivity index (χ0n) is 14.2. The molecule has 1 heterocycles. The minimum atomic E-state index is 0.252. The third-order valence-electron chi connectivity index (χ3n) is 3.55. The van der Waals surface area contributed by atoms with Crippen LogP contribution in [0.25, 0.3) is 20.8 Å². The van der Waals surface area contributed by atoms with E-state index in [9.17, 15) is 0 Å². The first-order chi connectivity index (χ1) is 11.7. The summed E-state index contributed by atoms with van der Waals surface area (Å²) in [7, 11) is 1.61. The predicted molar refractivity (Wildman–Crippen MR) is 101 cm³/mol. The molecule has 126 valence electrons. The molecule has 1 aromatic heterocycles. The Morgan fingerprint density at radius 1 is 1.12 bits per heavy atom. The second-order valence-corrected chi connectivity index (χ2v) is 7.08. The number of benzene rings is 2. The van der Waals surface area contributed by atoms with Crippen molar-refractivity contribution in [2.75, 3.05) is 25.8 Å². The van der Waals surface area contributed by atoms with Crippen molar-refractivity contribution in [3.05, 3.63) is 42.5 Å². The largest absolute Gasteiger partial charge is 0.468 e. The fourth-order valence-electron chi connectivity index (χ4n) is 2.30. The number of nitrogens with zero attached hydrogens (tertiary/aromatic N) is 1. The van der Waals surface area contributed by atoms with Gasteiger partial charge in [-0.25, -0.2) is 4.98 Å². The molecule has 1 N–H and O–H groups in total. The Balaban J connectivity index is 1.78. The number of rotatable bonds is 7. The maximum absolute atomic E-state index is 5.49. The van der Waals surface area contributed by atoms with Gasteiger partial charge in [0.2, 0.25) is 0 Å². The van der Waals surface area contributed by atoms with E-state index < -0.39 is 0 Å². The van der Waals surface area contributed by atoms with Crippen LogP contribution in [0, 0.1) is 5.92 Å². The topological polar surface area (TPSA) is 43.4 Å². The van der Waals surface area contributed by atoms with Crippen LogP contribution in [-0.4, -0.2) is 25.4 Å². The van der Waals surface area contributed by atoms with Gasteiger partial charge in [-0.3, -0.25) is 0 Å². The van der Waals surface area contributed by atoms with Crippen LogP contribution < -0.4 is 10.1 Å². The van der Waals surface area contributed by atoms with Gasteiger partial charge in [-0.05, 0) is 48.4 Å². The molecule has 0 atom stereocenters. The first-order valence-electron chi connectivity index (χ1n) is 8.02. The molecular weight excluding hydrogens is 320 g/mol. The van der Waals surface area contributed by atoms with E-state index in [0.29, 0.717) is 5.92 Å². The van der Waals surface area contributed by atoms with E-state index in [0.717, 1.165) is 38.8 Å². The molecule has 0 aliphatic heterocycles. The average molecular weight is 342 g/mol. The molecule has 0 aliphatic rings. The minimum absolute atomic E-state index is 0.252. The standard InChI is InChI=1S/C19H22N2O2S/c1-13(2)11-20-15-6-4-14(5-7-15)19-21-17-9-8-16(23-12-22-3)10-18(17)24-19/h4-10,13,20H,11-12H2,1-3H3. The van der Waals surface area contributed by atoms with Crippen LogP contribution in [0.2, 0.25) is 0 Å². The first kappa shape index (κ1) is 16.7. The molecule has 5 heteroatoms. The molecular formula is C19H22N2O2S. The quantitative estimate of drug-likeness (QED) is 0.613. The molecule has 4 nitrogen and oxygen atoms in total. The number of ether oxygens (including phenoxy) is 2. The molecule has 0 saturated heterocycles. The van der Waals surface area contributed by atoms with E-state index in [-0.39, 0.29) is 6.79 Å². The molecule has 0 unspecified atom stereocenters. The monoisotopic (exact) mass is 342 g/mol. The predicted octanol–water partition coefficient (Wildman–Crippen LogP) is 5.01. The van der Waals surface area contributed by atoms with Gasteiger partial charge in [0.1, 0.15) is 10.8 Å². The summed E-state index contributed by atoms with van der Waals surface area (Å²) in [5, 5.41) is 4.45. The number of fused-ring (bicyclic) bond motifs is 1. The van der Waals surface area contributed by atoms with Crippen LogP contribution in [0.1, 0.15) is 13.8 Å². The van der Waals surface area contributed by atoms with Crippen molar-refractivity contribution in [2.45, 2.75) is 13.8 Å². The molecule has 3 rings (SSSR count). The van der Waals surface area contributed by atoms with E-state index in [4.69, 9.17) is 14.5 Å². The first-order valence-corrected chi connectivity index (χ1v) is 8.84. The van der Waals surface area contributed by atoms with Crippen molar-refractivity contribution in [1.29, 1.82) is 0 Å². The summed E-state index contributed by atoms with van der Waals surface area (Å²) in [4.78, 5) is 4.72. The number of nitrogens with one attached hydrogen (secondary N) is 1. The van der Waals surface area contributed by atoms with Crippen molar-refractivity contribution >= 4 is 27.2 Å². The van der Waals surface area contributed by atoms with E-state index in [1.54, 1.807) is 18.4 Å². The van der Waals surface area contributed by atoms with Crippen LogP contribution >= 0.6 is 11.3 Å². The lowest BCUT2D eigenvalue weighted by atomic mass is 10.2. The Hall–Kier alpha value is -2.11. The number of hydrogen-bond acceptors (Lipinski definition) is 5. The van der Waals surface area contributed by atoms with Gasteiger partial charge in [-0.1, -0.05) is 13.8 Å². The Labute approximate surface area is 146 Å². The molecule has 0 radical (unpaired) electrons. The second-order valence-electron chi connectivity index (χ2n) is 6.05. The van der Waals surface area contributed by atoms with Crippen LogP contribution in [0.5, 0.6) is 5.75 Å². The van der Waals surface area contributed by atoms with Gasteiger partial charge < -0.3 is 14.8 Å². The Kier molecular flexibility index (Phi) is 5.33. The van der Waals surface area contributed by atoms with Gasteiger partial charge in [-0.15, -0.1) is 11.3 Å². The van der Waals surface area contributed by atoms with Crippen molar-refractivity contribution in [2.24, 2.45) is 5.92 Å². The molecule has 0 amide bonds. The molecule has 0 fully saturated rings. The van der Waals surface area contributed by atoms with Crippen molar-refractivity contribution in [3.8, 4) is 16.3 Å². The third-order valence-corrected chi connectivity index (χ3v) is 4.62. The van der Waals surface area contributed by atoms with Crippen molar-refractivity contribution in [1.82, 2.24) is 4.98 Å². The smallest absolute Gasteiger partial charge is 0.188 e. The number of thiazole rings is 1. The fourth-order valence-corrected chi connectivity index (χ4v) is 3.30. The summed E-state index contributed by atoms with van der Waals surface area (Å²) >= 11 is 1.67. The van der Waals surface area contributed by atoms with E-state index in [1.807, 2.05) is 18.2 Å². The van der Waals surface area contributed by atoms with Crippen LogP contribution in [-0.2, 0) is 4.74 Å². The Morgan fingerprint density at radius 3 is 2.62 bits per heavy atom. The van der Waals surface area contributed by atoms with Gasteiger partial charge in [-0.2, -0.15) is 0 Å². The number of aromatic nitrogens is 1. The minimum Gasteiger partial charge on any atom is -0.468 e. The number of anilines is 1. The lowest BCUT2D eigenvalue weighted by Gasteiger charge is -2.08. The molecule has 0 saturated carbocycles. The molecule has 2 aromatic carbocycles. The number of hydrogen-bond donors (Lipinski definition) is 1. The normalized spacial score (nSPS) is 11.2. The maximum atomic E-state index is 5.49. The Morgan fingerprint density at radius 2 is 1.92 bits per heavy atom. The highest BCUT2D eigenvalue weighted by Gasteiger charge is 2.08. The zero-order valence-corrected chi connectivity index (χ0v) is 15.0. The zero-order chi connectivity index (χ0) is 16.9. The van der Waals surface area contributed by atoms with Gasteiger partial charge >= 0.3 is 0 Å². The molecule has 0 aliphatic carbocycles. The molecule has 24 heavy (non-hydrogen) atoms. The Bertz CT molecular complexity index is 797. The van der Waals surface area contributed by atoms with E-state index in [1.165, 1.54) is 0 Å². The van der Waals surface area contributed by atoms with E-state index >= 15 is 0 Å². The molecule has 3 aromatic rings. The van der Waals surface area contributed by atoms with Gasteiger partial charge in [0.25, 0.3) is 0 Å². The summed E-state index contributed by atoms with van der Waals surface area (Å²) in [6.07, 6.45) is 0. The second kappa shape index (κ2) is 7.64. The highest BCUT2D eigenvalue weighted by molar-refractivity contribution is 7.21. The molecule has 0 bridgehead atoms. The SMILES string of the molecule is COCOc1ccc2nc(-c3ccc(NCC(C)C)cc3)sc2c1.